The number of nitrogens with two attached hydrogens (primary N) is 1. The number of nitrogens with one attached hydrogen (secondary N) is 1. The van der Waals surface area contributed by atoms with Gasteiger partial charge in [-0.3, -0.25) is 4.57 Å². The zero-order valence-electron chi connectivity index (χ0n) is 17.0. The monoisotopic (exact) mass is 440 g/mol. The average Bonchev–Trinajstić information content (AvgIpc) is 3.07. The van der Waals surface area contributed by atoms with Gasteiger partial charge in [-0.15, -0.1) is 0 Å². The second-order valence-corrected chi connectivity index (χ2v) is 8.60. The second-order valence-electron chi connectivity index (χ2n) is 7.07. The van der Waals surface area contributed by atoms with Crippen LogP contribution in [0.3, 0.4) is 0 Å². The van der Waals surface area contributed by atoms with E-state index in [1.54, 1.807) is 34.9 Å². The van der Waals surface area contributed by atoms with Gasteiger partial charge in [-0.05, 0) is 42.8 Å². The Morgan fingerprint density at radius 1 is 1.10 bits per heavy atom. The largest absolute Gasteiger partial charge is 0.350 e. The molecule has 0 atom stereocenters. The van der Waals surface area contributed by atoms with Crippen LogP contribution in [0, 0.1) is 12.7 Å². The van der Waals surface area contributed by atoms with Crippen molar-refractivity contribution in [3.8, 4) is 5.95 Å². The molecule has 0 fully saturated rings. The molecule has 4 rings (SSSR count). The smallest absolute Gasteiger partial charge is 0.239 e. The van der Waals surface area contributed by atoms with E-state index in [4.69, 9.17) is 5.14 Å². The fourth-order valence-electron chi connectivity index (χ4n) is 3.42. The number of hydrogen-bond donors (Lipinski definition) is 2. The molecule has 3 N–H and O–H groups in total. The van der Waals surface area contributed by atoms with Crippen molar-refractivity contribution in [2.45, 2.75) is 31.7 Å². The van der Waals surface area contributed by atoms with Crippen molar-refractivity contribution in [2.24, 2.45) is 5.14 Å². The molecule has 0 saturated heterocycles. The lowest BCUT2D eigenvalue weighted by molar-refractivity contribution is 0.598. The number of hydrogen-bond acceptors (Lipinski definition) is 6. The van der Waals surface area contributed by atoms with Crippen LogP contribution in [0.2, 0.25) is 0 Å². The molecule has 0 aliphatic carbocycles. The molecule has 0 bridgehead atoms. The maximum Gasteiger partial charge on any atom is 0.239 e. The molecule has 2 aromatic carbocycles. The Kier molecular flexibility index (Phi) is 5.42. The Morgan fingerprint density at radius 2 is 1.87 bits per heavy atom. The minimum absolute atomic E-state index is 0.0427. The Balaban J connectivity index is 1.79. The van der Waals surface area contributed by atoms with Crippen LogP contribution < -0.4 is 10.5 Å². The minimum atomic E-state index is -3.89. The van der Waals surface area contributed by atoms with Gasteiger partial charge in [-0.1, -0.05) is 25.1 Å². The number of rotatable bonds is 6. The summed E-state index contributed by atoms with van der Waals surface area (Å²) >= 11 is 0. The van der Waals surface area contributed by atoms with E-state index in [-0.39, 0.29) is 10.7 Å². The molecule has 10 heteroatoms. The minimum Gasteiger partial charge on any atom is -0.350 e. The van der Waals surface area contributed by atoms with Crippen molar-refractivity contribution in [1.82, 2.24) is 19.5 Å². The van der Waals surface area contributed by atoms with Crippen LogP contribution >= 0.6 is 0 Å². The molecule has 160 valence electrons. The maximum absolute atomic E-state index is 13.4. The summed E-state index contributed by atoms with van der Waals surface area (Å²) in [6.07, 6.45) is 0.574. The first-order valence-corrected chi connectivity index (χ1v) is 11.2. The second kappa shape index (κ2) is 8.05. The Hall–Kier alpha value is -3.37. The summed E-state index contributed by atoms with van der Waals surface area (Å²) in [6, 6.07) is 12.9. The van der Waals surface area contributed by atoms with Gasteiger partial charge in [0, 0.05) is 24.0 Å². The molecule has 0 aliphatic rings. The van der Waals surface area contributed by atoms with Gasteiger partial charge in [0.25, 0.3) is 0 Å². The third-order valence-electron chi connectivity index (χ3n) is 4.82. The van der Waals surface area contributed by atoms with Crippen LogP contribution in [-0.2, 0) is 23.0 Å². The van der Waals surface area contributed by atoms with E-state index < -0.39 is 10.0 Å². The Morgan fingerprint density at radius 3 is 2.58 bits per heavy atom. The van der Waals surface area contributed by atoms with E-state index in [0.717, 1.165) is 11.3 Å². The van der Waals surface area contributed by atoms with Crippen LogP contribution in [0.5, 0.6) is 0 Å². The molecule has 2 heterocycles. The summed E-state index contributed by atoms with van der Waals surface area (Å²) in [6.45, 7) is 4.10. The van der Waals surface area contributed by atoms with Crippen molar-refractivity contribution >= 4 is 26.9 Å². The number of halogens is 1. The summed E-state index contributed by atoms with van der Waals surface area (Å²) < 4.78 is 39.2. The molecule has 0 radical (unpaired) electrons. The predicted molar refractivity (Wildman–Crippen MR) is 116 cm³/mol. The lowest BCUT2D eigenvalue weighted by Gasteiger charge is -2.11. The molecule has 2 aromatic heterocycles. The summed E-state index contributed by atoms with van der Waals surface area (Å²) in [5, 5.41) is 8.99. The van der Waals surface area contributed by atoms with Gasteiger partial charge in [-0.2, -0.15) is 15.0 Å². The van der Waals surface area contributed by atoms with Crippen LogP contribution in [-0.4, -0.2) is 27.9 Å². The zero-order chi connectivity index (χ0) is 22.2. The van der Waals surface area contributed by atoms with Gasteiger partial charge < -0.3 is 5.32 Å². The topological polar surface area (TPSA) is 116 Å². The van der Waals surface area contributed by atoms with Crippen LogP contribution in [0.15, 0.2) is 53.4 Å². The number of benzene rings is 2. The van der Waals surface area contributed by atoms with Gasteiger partial charge in [0.05, 0.1) is 10.4 Å². The summed E-state index contributed by atoms with van der Waals surface area (Å²) in [5.74, 6) is 0.947. The number of aromatic nitrogens is 4. The normalized spacial score (nSPS) is 11.7. The molecule has 0 saturated carbocycles. The highest BCUT2D eigenvalue weighted by atomic mass is 32.2. The zero-order valence-corrected chi connectivity index (χ0v) is 17.8. The number of aryl methyl sites for hydroxylation is 2. The number of anilines is 1. The van der Waals surface area contributed by atoms with Gasteiger partial charge in [0.15, 0.2) is 0 Å². The van der Waals surface area contributed by atoms with Crippen molar-refractivity contribution in [2.75, 3.05) is 5.32 Å². The first-order valence-electron chi connectivity index (χ1n) is 9.64. The Bertz CT molecular complexity index is 1380. The van der Waals surface area contributed by atoms with Crippen molar-refractivity contribution < 1.29 is 12.8 Å². The average molecular weight is 441 g/mol. The van der Waals surface area contributed by atoms with Crippen LogP contribution in [0.1, 0.15) is 24.0 Å². The number of nitrogens with zero attached hydrogens (tertiary/aromatic N) is 4. The van der Waals surface area contributed by atoms with E-state index in [2.05, 4.69) is 20.3 Å². The van der Waals surface area contributed by atoms with E-state index in [1.165, 1.54) is 18.2 Å². The molecule has 0 unspecified atom stereocenters. The first-order chi connectivity index (χ1) is 14.8. The first kappa shape index (κ1) is 20.9. The summed E-state index contributed by atoms with van der Waals surface area (Å²) in [7, 11) is -3.89. The van der Waals surface area contributed by atoms with E-state index in [1.807, 2.05) is 13.8 Å². The molecule has 4 aromatic rings. The summed E-state index contributed by atoms with van der Waals surface area (Å²) in [4.78, 5) is 13.5. The van der Waals surface area contributed by atoms with Crippen LogP contribution in [0.4, 0.5) is 10.3 Å². The molecule has 0 amide bonds. The summed E-state index contributed by atoms with van der Waals surface area (Å²) in [5.41, 5.74) is 2.11. The SMILES string of the molecule is CCc1nc(NCc2cccc(F)c2)nc(-n2c(C)cc3c(S(N)(=O)=O)cccc32)n1. The quantitative estimate of drug-likeness (QED) is 0.476. The number of fused-ring (bicyclic) bond motifs is 1. The highest BCUT2D eigenvalue weighted by Gasteiger charge is 2.19. The number of primary sulfonamides is 1. The Labute approximate surface area is 179 Å². The maximum atomic E-state index is 13.4. The molecule has 0 spiro atoms. The highest BCUT2D eigenvalue weighted by Crippen LogP contribution is 2.28. The van der Waals surface area contributed by atoms with E-state index in [9.17, 15) is 12.8 Å². The lowest BCUT2D eigenvalue weighted by Crippen LogP contribution is -2.13. The number of sulfonamides is 1. The molecular formula is C21H21FN6O2S. The fourth-order valence-corrected chi connectivity index (χ4v) is 4.16. The van der Waals surface area contributed by atoms with Gasteiger partial charge in [-0.25, -0.2) is 17.9 Å². The molecular weight excluding hydrogens is 419 g/mol. The fraction of sp³-hybridized carbons (Fsp3) is 0.190. The standard InChI is InChI=1S/C21H21FN6O2S/c1-3-19-25-20(24-12-14-6-4-7-15(22)11-14)27-21(26-19)28-13(2)10-16-17(28)8-5-9-18(16)31(23,29)30/h4-11H,3,12H2,1-2H3,(H2,23,29,30)(H,24,25,26,27). The highest BCUT2D eigenvalue weighted by molar-refractivity contribution is 7.89. The van der Waals surface area contributed by atoms with Crippen molar-refractivity contribution in [1.29, 1.82) is 0 Å². The third kappa shape index (κ3) is 4.25. The van der Waals surface area contributed by atoms with Crippen molar-refractivity contribution in [3.63, 3.8) is 0 Å². The van der Waals surface area contributed by atoms with Gasteiger partial charge in [0.1, 0.15) is 11.6 Å². The van der Waals surface area contributed by atoms with E-state index >= 15 is 0 Å². The predicted octanol–water partition coefficient (Wildman–Crippen LogP) is 3.08. The molecule has 8 nitrogen and oxygen atoms in total. The lowest BCUT2D eigenvalue weighted by atomic mass is 10.2. The van der Waals surface area contributed by atoms with Crippen molar-refractivity contribution in [3.05, 3.63) is 71.4 Å². The molecule has 0 aliphatic heterocycles. The van der Waals surface area contributed by atoms with E-state index in [0.29, 0.717) is 41.6 Å². The third-order valence-corrected chi connectivity index (χ3v) is 5.79. The van der Waals surface area contributed by atoms with Gasteiger partial charge >= 0.3 is 0 Å². The molecule has 31 heavy (non-hydrogen) atoms. The van der Waals surface area contributed by atoms with Gasteiger partial charge in [0.2, 0.25) is 21.9 Å². The van der Waals surface area contributed by atoms with Crippen LogP contribution in [0.25, 0.3) is 16.9 Å².